The maximum absolute atomic E-state index is 9.79. The van der Waals surface area contributed by atoms with Gasteiger partial charge in [-0.25, -0.2) is 0 Å². The molecule has 0 spiro atoms. The second-order valence-corrected chi connectivity index (χ2v) is 11.5. The van der Waals surface area contributed by atoms with Crippen LogP contribution in [0.15, 0.2) is 18.2 Å². The molecule has 0 fully saturated rings. The summed E-state index contributed by atoms with van der Waals surface area (Å²) in [4.78, 5) is 0. The maximum Gasteiger partial charge on any atom is 0.192 e. The molecule has 0 radical (unpaired) electrons. The predicted molar refractivity (Wildman–Crippen MR) is 81.2 cm³/mol. The Morgan fingerprint density at radius 3 is 2.32 bits per heavy atom. The van der Waals surface area contributed by atoms with Crippen molar-refractivity contribution in [2.45, 2.75) is 58.4 Å². The summed E-state index contributed by atoms with van der Waals surface area (Å²) < 4.78 is 6.25. The van der Waals surface area contributed by atoms with Crippen LogP contribution in [-0.2, 0) is 10.8 Å². The molecule has 0 aromatic heterocycles. The molecule has 0 heterocycles. The summed E-state index contributed by atoms with van der Waals surface area (Å²) in [5, 5.41) is 19.4. The Morgan fingerprint density at radius 1 is 1.21 bits per heavy atom. The van der Waals surface area contributed by atoms with E-state index in [1.54, 1.807) is 6.07 Å². The Bertz CT molecular complexity index is 436. The van der Waals surface area contributed by atoms with Crippen molar-refractivity contribution >= 4 is 8.32 Å². The van der Waals surface area contributed by atoms with Crippen LogP contribution in [0, 0.1) is 0 Å². The average Bonchev–Trinajstić information content (AvgIpc) is 2.21. The van der Waals surface area contributed by atoms with Gasteiger partial charge in [0.1, 0.15) is 11.5 Å². The number of phenols is 2. The number of rotatable bonds is 4. The second kappa shape index (κ2) is 5.55. The van der Waals surface area contributed by atoms with Crippen LogP contribution in [0.5, 0.6) is 11.5 Å². The fourth-order valence-electron chi connectivity index (χ4n) is 1.77. The normalized spacial score (nSPS) is 14.4. The lowest BCUT2D eigenvalue weighted by atomic mass is 10.1. The van der Waals surface area contributed by atoms with Crippen LogP contribution >= 0.6 is 0 Å². The Morgan fingerprint density at radius 2 is 1.79 bits per heavy atom. The minimum Gasteiger partial charge on any atom is -0.508 e. The van der Waals surface area contributed by atoms with E-state index in [1.165, 1.54) is 12.1 Å². The summed E-state index contributed by atoms with van der Waals surface area (Å²) in [5.74, 6) is 0.385. The van der Waals surface area contributed by atoms with Gasteiger partial charge in [-0.3, -0.25) is 0 Å². The summed E-state index contributed by atoms with van der Waals surface area (Å²) in [7, 11) is -1.80. The van der Waals surface area contributed by atoms with E-state index in [0.717, 1.165) is 5.56 Å². The Balaban J connectivity index is 2.76. The number of hydrogen-bond acceptors (Lipinski definition) is 3. The van der Waals surface area contributed by atoms with Crippen molar-refractivity contribution in [3.63, 3.8) is 0 Å². The van der Waals surface area contributed by atoms with Crippen LogP contribution < -0.4 is 0 Å². The van der Waals surface area contributed by atoms with Gasteiger partial charge < -0.3 is 14.6 Å². The highest BCUT2D eigenvalue weighted by molar-refractivity contribution is 6.74. The van der Waals surface area contributed by atoms with Gasteiger partial charge in [-0.1, -0.05) is 20.8 Å². The van der Waals surface area contributed by atoms with Gasteiger partial charge in [-0.15, -0.1) is 0 Å². The zero-order valence-electron chi connectivity index (χ0n) is 12.8. The molecule has 0 aliphatic heterocycles. The van der Waals surface area contributed by atoms with Crippen LogP contribution in [0.2, 0.25) is 18.1 Å². The van der Waals surface area contributed by atoms with Crippen LogP contribution in [0.25, 0.3) is 0 Å². The topological polar surface area (TPSA) is 49.7 Å². The van der Waals surface area contributed by atoms with Crippen molar-refractivity contribution in [2.75, 3.05) is 0 Å². The second-order valence-electron chi connectivity index (χ2n) is 6.71. The minimum atomic E-state index is -1.80. The van der Waals surface area contributed by atoms with Gasteiger partial charge in [0, 0.05) is 18.1 Å². The third-order valence-electron chi connectivity index (χ3n) is 3.87. The van der Waals surface area contributed by atoms with Gasteiger partial charge in [0.25, 0.3) is 0 Å². The number of phenolic OH excluding ortho intramolecular Hbond substituents is 2. The molecule has 0 bridgehead atoms. The molecular formula is C15H26O3Si. The minimum absolute atomic E-state index is 0.0218. The third kappa shape index (κ3) is 4.25. The van der Waals surface area contributed by atoms with Gasteiger partial charge in [0.2, 0.25) is 0 Å². The standard InChI is InChI=1S/C15H26O3Si/c1-11(18-19(5,6)15(2,3)4)9-12-10-13(16)7-8-14(12)17/h7-8,10-11,16-17H,9H2,1-6H3. The molecule has 0 amide bonds. The first-order chi connectivity index (χ1) is 8.53. The predicted octanol–water partition coefficient (Wildman–Crippen LogP) is 4.05. The molecule has 0 saturated heterocycles. The first-order valence-corrected chi connectivity index (χ1v) is 9.62. The third-order valence-corrected chi connectivity index (χ3v) is 8.48. The van der Waals surface area contributed by atoms with Crippen molar-refractivity contribution in [2.24, 2.45) is 0 Å². The molecule has 0 aliphatic rings. The van der Waals surface area contributed by atoms with Crippen molar-refractivity contribution in [3.05, 3.63) is 23.8 Å². The zero-order chi connectivity index (χ0) is 14.8. The van der Waals surface area contributed by atoms with Gasteiger partial charge >= 0.3 is 0 Å². The van der Waals surface area contributed by atoms with Crippen LogP contribution in [0.1, 0.15) is 33.3 Å². The van der Waals surface area contributed by atoms with Gasteiger partial charge in [-0.05, 0) is 43.3 Å². The van der Waals surface area contributed by atoms with E-state index in [1.807, 2.05) is 6.92 Å². The lowest BCUT2D eigenvalue weighted by molar-refractivity contribution is 0.198. The maximum atomic E-state index is 9.79. The van der Waals surface area contributed by atoms with Crippen LogP contribution in [-0.4, -0.2) is 24.6 Å². The summed E-state index contributed by atoms with van der Waals surface area (Å²) in [6, 6.07) is 4.60. The summed E-state index contributed by atoms with van der Waals surface area (Å²) >= 11 is 0. The monoisotopic (exact) mass is 282 g/mol. The number of hydrogen-bond donors (Lipinski definition) is 2. The van der Waals surface area contributed by atoms with Crippen molar-refractivity contribution in [1.82, 2.24) is 0 Å². The van der Waals surface area contributed by atoms with E-state index in [2.05, 4.69) is 33.9 Å². The van der Waals surface area contributed by atoms with E-state index in [0.29, 0.717) is 6.42 Å². The molecular weight excluding hydrogens is 256 g/mol. The highest BCUT2D eigenvalue weighted by atomic mass is 28.4. The summed E-state index contributed by atoms with van der Waals surface area (Å²) in [5.41, 5.74) is 0.728. The number of aromatic hydroxyl groups is 2. The Labute approximate surface area is 117 Å². The number of benzene rings is 1. The molecule has 0 aliphatic carbocycles. The van der Waals surface area contributed by atoms with Crippen LogP contribution in [0.3, 0.4) is 0 Å². The molecule has 1 aromatic rings. The fraction of sp³-hybridized carbons (Fsp3) is 0.600. The van der Waals surface area contributed by atoms with Crippen molar-refractivity contribution in [1.29, 1.82) is 0 Å². The lowest BCUT2D eigenvalue weighted by Gasteiger charge is -2.38. The lowest BCUT2D eigenvalue weighted by Crippen LogP contribution is -2.43. The van der Waals surface area contributed by atoms with E-state index in [4.69, 9.17) is 4.43 Å². The zero-order valence-corrected chi connectivity index (χ0v) is 13.8. The van der Waals surface area contributed by atoms with Gasteiger partial charge in [0.05, 0.1) is 0 Å². The highest BCUT2D eigenvalue weighted by Gasteiger charge is 2.38. The molecule has 19 heavy (non-hydrogen) atoms. The van der Waals surface area contributed by atoms with Gasteiger partial charge in [0.15, 0.2) is 8.32 Å². The van der Waals surface area contributed by atoms with Crippen LogP contribution in [0.4, 0.5) is 0 Å². The fourth-order valence-corrected chi connectivity index (χ4v) is 3.21. The molecule has 2 N–H and O–H groups in total. The van der Waals surface area contributed by atoms with E-state index >= 15 is 0 Å². The molecule has 108 valence electrons. The SMILES string of the molecule is CC(Cc1cc(O)ccc1O)O[Si](C)(C)C(C)(C)C. The molecule has 1 rings (SSSR count). The molecule has 4 heteroatoms. The molecule has 1 atom stereocenters. The van der Waals surface area contributed by atoms with E-state index < -0.39 is 8.32 Å². The molecule has 0 saturated carbocycles. The van der Waals surface area contributed by atoms with Crippen molar-refractivity contribution in [3.8, 4) is 11.5 Å². The quantitative estimate of drug-likeness (QED) is 0.647. The molecule has 3 nitrogen and oxygen atoms in total. The first kappa shape index (κ1) is 16.1. The summed E-state index contributed by atoms with van der Waals surface area (Å²) in [6.07, 6.45) is 0.626. The molecule has 1 aromatic carbocycles. The van der Waals surface area contributed by atoms with E-state index in [-0.39, 0.29) is 22.6 Å². The average molecular weight is 282 g/mol. The van der Waals surface area contributed by atoms with Crippen molar-refractivity contribution < 1.29 is 14.6 Å². The smallest absolute Gasteiger partial charge is 0.192 e. The van der Waals surface area contributed by atoms with Gasteiger partial charge in [-0.2, -0.15) is 0 Å². The first-order valence-electron chi connectivity index (χ1n) is 6.71. The van der Waals surface area contributed by atoms with E-state index in [9.17, 15) is 10.2 Å². The Kier molecular flexibility index (Phi) is 4.69. The highest BCUT2D eigenvalue weighted by Crippen LogP contribution is 2.37. The largest absolute Gasteiger partial charge is 0.508 e. The molecule has 1 unspecified atom stereocenters. The Hall–Kier alpha value is -1.00. The summed E-state index contributed by atoms with van der Waals surface area (Å²) in [6.45, 7) is 13.1.